The van der Waals surface area contributed by atoms with Crippen LogP contribution in [0.1, 0.15) is 32.6 Å². The van der Waals surface area contributed by atoms with Crippen LogP contribution in [-0.4, -0.2) is 30.2 Å². The maximum absolute atomic E-state index is 11.7. The first-order valence-corrected chi connectivity index (χ1v) is 6.24. The van der Waals surface area contributed by atoms with Crippen LogP contribution in [0.2, 0.25) is 0 Å². The van der Waals surface area contributed by atoms with Crippen LogP contribution >= 0.6 is 12.2 Å². The lowest BCUT2D eigenvalue weighted by Crippen LogP contribution is -2.42. The third-order valence-electron chi connectivity index (χ3n) is 2.85. The molecule has 3 N–H and O–H groups in total. The van der Waals surface area contributed by atoms with Crippen molar-refractivity contribution < 1.29 is 9.53 Å². The molecule has 0 aromatic carbocycles. The van der Waals surface area contributed by atoms with Crippen molar-refractivity contribution in [1.82, 2.24) is 5.32 Å². The van der Waals surface area contributed by atoms with E-state index in [1.54, 1.807) is 0 Å². The van der Waals surface area contributed by atoms with E-state index in [-0.39, 0.29) is 22.9 Å². The average molecular weight is 244 g/mol. The van der Waals surface area contributed by atoms with Gasteiger partial charge in [0.2, 0.25) is 5.91 Å². The van der Waals surface area contributed by atoms with Crippen molar-refractivity contribution >= 4 is 23.1 Å². The van der Waals surface area contributed by atoms with E-state index in [0.29, 0.717) is 13.0 Å². The van der Waals surface area contributed by atoms with Gasteiger partial charge < -0.3 is 15.8 Å². The molecule has 1 aliphatic rings. The number of nitrogens with two attached hydrogens (primary N) is 1. The van der Waals surface area contributed by atoms with Gasteiger partial charge in [0.05, 0.1) is 17.0 Å². The summed E-state index contributed by atoms with van der Waals surface area (Å²) in [6, 6.07) is 0. The van der Waals surface area contributed by atoms with E-state index in [9.17, 15) is 4.79 Å². The van der Waals surface area contributed by atoms with Gasteiger partial charge in [0.1, 0.15) is 0 Å². The Morgan fingerprint density at radius 2 is 2.38 bits per heavy atom. The second kappa shape index (κ2) is 6.81. The molecule has 4 nitrogen and oxygen atoms in total. The Balaban J connectivity index is 2.30. The van der Waals surface area contributed by atoms with Crippen LogP contribution in [0, 0.1) is 5.92 Å². The molecule has 1 saturated heterocycles. The fraction of sp³-hybridized carbons (Fsp3) is 0.818. The number of nitrogens with one attached hydrogen (secondary N) is 1. The highest BCUT2D eigenvalue weighted by molar-refractivity contribution is 7.80. The molecule has 1 aliphatic heterocycles. The molecular weight excluding hydrogens is 224 g/mol. The van der Waals surface area contributed by atoms with Gasteiger partial charge in [-0.05, 0) is 25.7 Å². The molecule has 1 fully saturated rings. The Labute approximate surface area is 102 Å². The van der Waals surface area contributed by atoms with E-state index in [0.717, 1.165) is 19.4 Å². The third-order valence-corrected chi connectivity index (χ3v) is 3.13. The summed E-state index contributed by atoms with van der Waals surface area (Å²) in [5.74, 6) is -0.428. The first-order valence-electron chi connectivity index (χ1n) is 5.83. The fourth-order valence-electron chi connectivity index (χ4n) is 1.82. The summed E-state index contributed by atoms with van der Waals surface area (Å²) in [6.07, 6.45) is 4.11. The summed E-state index contributed by atoms with van der Waals surface area (Å²) in [5, 5.41) is 2.85. The van der Waals surface area contributed by atoms with Crippen molar-refractivity contribution in [3.05, 3.63) is 0 Å². The van der Waals surface area contributed by atoms with E-state index < -0.39 is 0 Å². The average Bonchev–Trinajstić information content (AvgIpc) is 2.28. The van der Waals surface area contributed by atoms with Gasteiger partial charge in [-0.15, -0.1) is 0 Å². The Hall–Kier alpha value is -0.680. The zero-order valence-electron chi connectivity index (χ0n) is 9.70. The summed E-state index contributed by atoms with van der Waals surface area (Å²) in [6.45, 7) is 3.27. The minimum Gasteiger partial charge on any atom is -0.393 e. The number of thiocarbonyl (C=S) groups is 1. The number of carbonyl (C=O) groups excluding carboxylic acids is 1. The Morgan fingerprint density at radius 3 is 2.88 bits per heavy atom. The standard InChI is InChI=1S/C11H20N2O2S/c1-2-9(10(12)16)11(14)13-7-8-5-3-4-6-15-8/h8-9H,2-7H2,1H3,(H2,12,16)(H,13,14). The quantitative estimate of drug-likeness (QED) is 0.708. The van der Waals surface area contributed by atoms with Gasteiger partial charge in [0, 0.05) is 13.2 Å². The van der Waals surface area contributed by atoms with Gasteiger partial charge in [0.15, 0.2) is 0 Å². The maximum Gasteiger partial charge on any atom is 0.230 e. The fourth-order valence-corrected chi connectivity index (χ4v) is 2.10. The molecule has 0 aromatic rings. The van der Waals surface area contributed by atoms with Crippen LogP contribution in [0.4, 0.5) is 0 Å². The van der Waals surface area contributed by atoms with Gasteiger partial charge in [-0.25, -0.2) is 0 Å². The second-order valence-electron chi connectivity index (χ2n) is 4.10. The Morgan fingerprint density at radius 1 is 1.62 bits per heavy atom. The molecule has 92 valence electrons. The molecule has 5 heteroatoms. The summed E-state index contributed by atoms with van der Waals surface area (Å²) >= 11 is 4.85. The number of hydrogen-bond acceptors (Lipinski definition) is 3. The van der Waals surface area contributed by atoms with Crippen molar-refractivity contribution in [3.63, 3.8) is 0 Å². The molecule has 16 heavy (non-hydrogen) atoms. The summed E-state index contributed by atoms with van der Waals surface area (Å²) in [4.78, 5) is 12.0. The number of amides is 1. The zero-order valence-corrected chi connectivity index (χ0v) is 10.5. The lowest BCUT2D eigenvalue weighted by molar-refractivity contribution is -0.124. The van der Waals surface area contributed by atoms with Crippen LogP contribution in [0.15, 0.2) is 0 Å². The van der Waals surface area contributed by atoms with Gasteiger partial charge in [0.25, 0.3) is 0 Å². The van der Waals surface area contributed by atoms with E-state index >= 15 is 0 Å². The molecule has 0 spiro atoms. The number of ether oxygens (including phenoxy) is 1. The van der Waals surface area contributed by atoms with E-state index in [2.05, 4.69) is 5.32 Å². The summed E-state index contributed by atoms with van der Waals surface area (Å²) in [7, 11) is 0. The Kier molecular flexibility index (Phi) is 5.69. The third kappa shape index (κ3) is 4.06. The first-order chi connectivity index (χ1) is 7.65. The predicted molar refractivity (Wildman–Crippen MR) is 67.2 cm³/mol. The number of hydrogen-bond donors (Lipinski definition) is 2. The highest BCUT2D eigenvalue weighted by Crippen LogP contribution is 2.12. The van der Waals surface area contributed by atoms with Crippen molar-refractivity contribution in [2.45, 2.75) is 38.7 Å². The predicted octanol–water partition coefficient (Wildman–Crippen LogP) is 0.984. The van der Waals surface area contributed by atoms with E-state index in [1.165, 1.54) is 6.42 Å². The Bertz CT molecular complexity index is 252. The molecule has 0 aliphatic carbocycles. The molecule has 1 rings (SSSR count). The molecule has 0 bridgehead atoms. The van der Waals surface area contributed by atoms with Crippen molar-refractivity contribution in [1.29, 1.82) is 0 Å². The van der Waals surface area contributed by atoms with Gasteiger partial charge >= 0.3 is 0 Å². The topological polar surface area (TPSA) is 64.3 Å². The molecular formula is C11H20N2O2S. The van der Waals surface area contributed by atoms with Crippen molar-refractivity contribution in [2.24, 2.45) is 11.7 Å². The molecule has 2 unspecified atom stereocenters. The minimum atomic E-state index is -0.349. The van der Waals surface area contributed by atoms with Gasteiger partial charge in [-0.3, -0.25) is 4.79 Å². The molecule has 0 radical (unpaired) electrons. The highest BCUT2D eigenvalue weighted by Gasteiger charge is 2.21. The lowest BCUT2D eigenvalue weighted by atomic mass is 10.1. The minimum absolute atomic E-state index is 0.0795. The molecule has 1 amide bonds. The largest absolute Gasteiger partial charge is 0.393 e. The number of rotatable bonds is 5. The zero-order chi connectivity index (χ0) is 12.0. The van der Waals surface area contributed by atoms with Gasteiger partial charge in [-0.1, -0.05) is 19.1 Å². The van der Waals surface area contributed by atoms with Crippen molar-refractivity contribution in [2.75, 3.05) is 13.2 Å². The normalized spacial score (nSPS) is 22.4. The molecule has 2 atom stereocenters. The van der Waals surface area contributed by atoms with Crippen LogP contribution < -0.4 is 11.1 Å². The molecule has 1 heterocycles. The van der Waals surface area contributed by atoms with Crippen LogP contribution in [0.5, 0.6) is 0 Å². The smallest absolute Gasteiger partial charge is 0.230 e. The lowest BCUT2D eigenvalue weighted by Gasteiger charge is -2.23. The first kappa shape index (κ1) is 13.4. The number of carbonyl (C=O) groups is 1. The summed E-state index contributed by atoms with van der Waals surface area (Å²) < 4.78 is 5.52. The maximum atomic E-state index is 11.7. The van der Waals surface area contributed by atoms with E-state index in [4.69, 9.17) is 22.7 Å². The summed E-state index contributed by atoms with van der Waals surface area (Å²) in [5.41, 5.74) is 5.50. The van der Waals surface area contributed by atoms with E-state index in [1.807, 2.05) is 6.92 Å². The molecule has 0 saturated carbocycles. The van der Waals surface area contributed by atoms with Crippen LogP contribution in [-0.2, 0) is 9.53 Å². The monoisotopic (exact) mass is 244 g/mol. The highest BCUT2D eigenvalue weighted by atomic mass is 32.1. The second-order valence-corrected chi connectivity index (χ2v) is 4.57. The van der Waals surface area contributed by atoms with Crippen molar-refractivity contribution in [3.8, 4) is 0 Å². The van der Waals surface area contributed by atoms with Crippen LogP contribution in [0.3, 0.4) is 0 Å². The van der Waals surface area contributed by atoms with Crippen LogP contribution in [0.25, 0.3) is 0 Å². The van der Waals surface area contributed by atoms with Gasteiger partial charge in [-0.2, -0.15) is 0 Å². The SMILES string of the molecule is CCC(C(=O)NCC1CCCCO1)C(N)=S. The molecule has 0 aromatic heterocycles.